The van der Waals surface area contributed by atoms with E-state index in [1.54, 1.807) is 17.7 Å². The summed E-state index contributed by atoms with van der Waals surface area (Å²) in [5, 5.41) is 12.6. The van der Waals surface area contributed by atoms with Gasteiger partial charge in [-0.1, -0.05) is 72.8 Å². The van der Waals surface area contributed by atoms with Gasteiger partial charge >= 0.3 is 0 Å². The van der Waals surface area contributed by atoms with Gasteiger partial charge in [-0.3, -0.25) is 0 Å². The van der Waals surface area contributed by atoms with Crippen LogP contribution in [0.5, 0.6) is 0 Å². The lowest BCUT2D eigenvalue weighted by Gasteiger charge is -2.13. The Balaban J connectivity index is 1.43. The largest absolute Gasteiger partial charge is 0.309 e. The molecule has 9 rings (SSSR count). The van der Waals surface area contributed by atoms with Gasteiger partial charge in [0.1, 0.15) is 11.2 Å². The molecule has 0 N–H and O–H groups in total. The smallest absolute Gasteiger partial charge is 0.127 e. The third-order valence-electron chi connectivity index (χ3n) is 7.93. The Morgan fingerprint density at radius 2 is 1.16 bits per heavy atom. The topological polar surface area (TPSA) is 30.7 Å². The van der Waals surface area contributed by atoms with Crippen LogP contribution in [0.2, 0.25) is 0 Å². The van der Waals surface area contributed by atoms with E-state index < -0.39 is 0 Å². The number of nitrogens with zero attached hydrogens (tertiary/aromatic N) is 3. The van der Waals surface area contributed by atoms with Crippen LogP contribution in [-0.4, -0.2) is 14.5 Å². The number of fused-ring (bicyclic) bond motifs is 12. The molecule has 0 aliphatic heterocycles. The summed E-state index contributed by atoms with van der Waals surface area (Å²) < 4.78 is 3.65. The molecule has 0 unspecified atom stereocenters. The number of hydrogen-bond donors (Lipinski definition) is 0. The van der Waals surface area contributed by atoms with E-state index in [2.05, 4.69) is 118 Å². The Bertz CT molecular complexity index is 2380. The molecule has 0 aliphatic rings. The second kappa shape index (κ2) is 7.37. The van der Waals surface area contributed by atoms with Crippen molar-refractivity contribution in [2.45, 2.75) is 0 Å². The van der Waals surface area contributed by atoms with Crippen molar-refractivity contribution in [3.63, 3.8) is 0 Å². The van der Waals surface area contributed by atoms with Crippen LogP contribution in [0.25, 0.3) is 80.1 Å². The zero-order valence-electron chi connectivity index (χ0n) is 20.2. The summed E-state index contributed by atoms with van der Waals surface area (Å²) in [5.74, 6) is 0. The third-order valence-corrected chi connectivity index (χ3v) is 9.01. The monoisotopic (exact) mass is 501 g/mol. The fourth-order valence-corrected chi connectivity index (χ4v) is 7.32. The summed E-state index contributed by atoms with van der Waals surface area (Å²) >= 11 is 1.73. The van der Waals surface area contributed by atoms with Crippen molar-refractivity contribution in [1.82, 2.24) is 14.5 Å². The Morgan fingerprint density at radius 1 is 0.500 bits per heavy atom. The normalized spacial score (nSPS) is 12.2. The van der Waals surface area contributed by atoms with E-state index in [1.807, 2.05) is 6.20 Å². The van der Waals surface area contributed by atoms with Crippen LogP contribution in [0.15, 0.2) is 116 Å². The minimum Gasteiger partial charge on any atom is -0.309 e. The average Bonchev–Trinajstić information content (AvgIpc) is 3.51. The van der Waals surface area contributed by atoms with Gasteiger partial charge in [-0.25, -0.2) is 9.97 Å². The van der Waals surface area contributed by atoms with Crippen LogP contribution >= 0.6 is 11.3 Å². The first-order valence-electron chi connectivity index (χ1n) is 12.7. The first kappa shape index (κ1) is 20.3. The maximum atomic E-state index is 4.52. The second-order valence-corrected chi connectivity index (χ2v) is 10.9. The summed E-state index contributed by atoms with van der Waals surface area (Å²) in [6.07, 6.45) is 3.57. The van der Waals surface area contributed by atoms with E-state index in [0.29, 0.717) is 0 Å². The van der Waals surface area contributed by atoms with E-state index in [9.17, 15) is 0 Å². The number of thiophene rings is 1. The SMILES string of the molecule is c1ccc2c(c1)c1ccccc1c1cc(-n3c4ccccc4c4cc5c(cc43)sc3ncncc35)ccc21. The van der Waals surface area contributed by atoms with Crippen LogP contribution in [0.3, 0.4) is 0 Å². The molecular weight excluding hydrogens is 482 g/mol. The Labute approximate surface area is 221 Å². The van der Waals surface area contributed by atoms with E-state index >= 15 is 0 Å². The molecule has 4 heteroatoms. The van der Waals surface area contributed by atoms with E-state index in [1.165, 1.54) is 69.9 Å². The highest BCUT2D eigenvalue weighted by atomic mass is 32.1. The molecule has 3 aromatic heterocycles. The molecule has 0 aliphatic carbocycles. The van der Waals surface area contributed by atoms with Gasteiger partial charge in [0.2, 0.25) is 0 Å². The highest BCUT2D eigenvalue weighted by molar-refractivity contribution is 7.25. The van der Waals surface area contributed by atoms with Gasteiger partial charge in [0.15, 0.2) is 0 Å². The van der Waals surface area contributed by atoms with Crippen molar-refractivity contribution >= 4 is 85.8 Å². The first-order valence-corrected chi connectivity index (χ1v) is 13.6. The lowest BCUT2D eigenvalue weighted by atomic mass is 9.94. The molecule has 0 bridgehead atoms. The van der Waals surface area contributed by atoms with Crippen molar-refractivity contribution in [3.05, 3.63) is 116 Å². The van der Waals surface area contributed by atoms with Crippen LogP contribution in [0.4, 0.5) is 0 Å². The number of para-hydroxylation sites is 1. The molecule has 0 radical (unpaired) electrons. The minimum absolute atomic E-state index is 1.03. The fraction of sp³-hybridized carbons (Fsp3) is 0. The average molecular weight is 502 g/mol. The Kier molecular flexibility index (Phi) is 3.93. The van der Waals surface area contributed by atoms with Gasteiger partial charge in [0.05, 0.1) is 11.0 Å². The number of rotatable bonds is 1. The van der Waals surface area contributed by atoms with Gasteiger partial charge in [-0.2, -0.15) is 0 Å². The quantitative estimate of drug-likeness (QED) is 0.210. The van der Waals surface area contributed by atoms with Crippen LogP contribution in [-0.2, 0) is 0 Å². The van der Waals surface area contributed by atoms with Crippen molar-refractivity contribution in [1.29, 1.82) is 0 Å². The summed E-state index contributed by atoms with van der Waals surface area (Å²) in [5.41, 5.74) is 3.59. The number of hydrogen-bond acceptors (Lipinski definition) is 3. The molecule has 6 aromatic carbocycles. The van der Waals surface area contributed by atoms with Gasteiger partial charge in [-0.15, -0.1) is 11.3 Å². The maximum absolute atomic E-state index is 4.52. The zero-order valence-corrected chi connectivity index (χ0v) is 21.0. The first-order chi connectivity index (χ1) is 18.8. The third kappa shape index (κ3) is 2.62. The molecule has 9 aromatic rings. The molecule has 0 amide bonds. The van der Waals surface area contributed by atoms with Crippen LogP contribution < -0.4 is 0 Å². The molecule has 3 nitrogen and oxygen atoms in total. The summed E-state index contributed by atoms with van der Waals surface area (Å²) in [6.45, 7) is 0. The van der Waals surface area contributed by atoms with E-state index in [0.717, 1.165) is 10.2 Å². The molecule has 0 spiro atoms. The number of aromatic nitrogens is 3. The second-order valence-electron chi connectivity index (χ2n) is 9.88. The van der Waals surface area contributed by atoms with Crippen LogP contribution in [0, 0.1) is 0 Å². The fourth-order valence-electron chi connectivity index (χ4n) is 6.29. The van der Waals surface area contributed by atoms with E-state index in [-0.39, 0.29) is 0 Å². The molecule has 176 valence electrons. The predicted molar refractivity (Wildman–Crippen MR) is 162 cm³/mol. The van der Waals surface area contributed by atoms with Crippen molar-refractivity contribution in [2.75, 3.05) is 0 Å². The minimum atomic E-state index is 1.03. The molecule has 38 heavy (non-hydrogen) atoms. The number of benzene rings is 6. The van der Waals surface area contributed by atoms with Gasteiger partial charge in [0.25, 0.3) is 0 Å². The van der Waals surface area contributed by atoms with Gasteiger partial charge in [0, 0.05) is 38.1 Å². The van der Waals surface area contributed by atoms with Crippen molar-refractivity contribution in [2.24, 2.45) is 0 Å². The molecular formula is C34H19N3S. The lowest BCUT2D eigenvalue weighted by Crippen LogP contribution is -1.94. The molecule has 0 saturated heterocycles. The molecule has 0 saturated carbocycles. The van der Waals surface area contributed by atoms with Crippen LogP contribution in [0.1, 0.15) is 0 Å². The summed E-state index contributed by atoms with van der Waals surface area (Å²) in [7, 11) is 0. The zero-order chi connectivity index (χ0) is 24.8. The van der Waals surface area contributed by atoms with Gasteiger partial charge in [-0.05, 0) is 62.6 Å². The Hall–Kier alpha value is -4.80. The predicted octanol–water partition coefficient (Wildman–Crippen LogP) is 9.40. The highest BCUT2D eigenvalue weighted by Crippen LogP contribution is 2.41. The maximum Gasteiger partial charge on any atom is 0.127 e. The standard InChI is InChI=1S/C34H19N3S/c1-2-9-23-21(7-1)22-8-3-4-10-24(22)27-15-20(13-14-25(23)27)37-31-12-6-5-11-26(31)28-16-29-30-18-35-19-36-34(30)38-33(29)17-32(28)37/h1-19H. The van der Waals surface area contributed by atoms with Gasteiger partial charge < -0.3 is 4.57 Å². The summed E-state index contributed by atoms with van der Waals surface area (Å²) in [6, 6.07) is 37.8. The van der Waals surface area contributed by atoms with Crippen molar-refractivity contribution < 1.29 is 0 Å². The molecule has 0 fully saturated rings. The molecule has 0 atom stereocenters. The Morgan fingerprint density at radius 3 is 1.92 bits per heavy atom. The molecule has 3 heterocycles. The lowest BCUT2D eigenvalue weighted by molar-refractivity contribution is 1.19. The van der Waals surface area contributed by atoms with E-state index in [4.69, 9.17) is 0 Å². The summed E-state index contributed by atoms with van der Waals surface area (Å²) in [4.78, 5) is 9.85. The van der Waals surface area contributed by atoms with Crippen molar-refractivity contribution in [3.8, 4) is 5.69 Å². The highest BCUT2D eigenvalue weighted by Gasteiger charge is 2.17.